The van der Waals surface area contributed by atoms with Crippen molar-refractivity contribution in [3.05, 3.63) is 29.3 Å². The van der Waals surface area contributed by atoms with Crippen LogP contribution in [0.2, 0.25) is 5.02 Å². The summed E-state index contributed by atoms with van der Waals surface area (Å²) < 4.78 is 10.5. The molecule has 4 nitrogen and oxygen atoms in total. The molecule has 0 bridgehead atoms. The average Bonchev–Trinajstić information content (AvgIpc) is 2.49. The lowest BCUT2D eigenvalue weighted by Crippen LogP contribution is -2.58. The van der Waals surface area contributed by atoms with E-state index in [1.54, 1.807) is 13.2 Å². The van der Waals surface area contributed by atoms with Crippen LogP contribution in [-0.4, -0.2) is 31.8 Å². The molecule has 0 aromatic heterocycles. The van der Waals surface area contributed by atoms with Crippen molar-refractivity contribution in [2.24, 2.45) is 0 Å². The molecule has 1 aromatic carbocycles. The number of hydrogen-bond acceptors (Lipinski definition) is 4. The van der Waals surface area contributed by atoms with Gasteiger partial charge in [0.15, 0.2) is 5.54 Å². The second-order valence-corrected chi connectivity index (χ2v) is 5.45. The molecule has 2 unspecified atom stereocenters. The van der Waals surface area contributed by atoms with Gasteiger partial charge in [-0.1, -0.05) is 36.6 Å². The molecular formula is C15H20ClNO3. The van der Waals surface area contributed by atoms with Crippen molar-refractivity contribution >= 4 is 23.3 Å². The van der Waals surface area contributed by atoms with Crippen LogP contribution in [0.15, 0.2) is 24.3 Å². The van der Waals surface area contributed by atoms with E-state index in [1.165, 1.54) is 7.11 Å². The molecule has 2 rings (SSSR count). The van der Waals surface area contributed by atoms with E-state index < -0.39 is 5.54 Å². The van der Waals surface area contributed by atoms with Crippen molar-refractivity contribution in [3.8, 4) is 0 Å². The second-order valence-electron chi connectivity index (χ2n) is 5.04. The van der Waals surface area contributed by atoms with Crippen molar-refractivity contribution in [3.63, 3.8) is 0 Å². The fraction of sp³-hybridized carbons (Fsp3) is 0.533. The molecule has 1 N–H and O–H groups in total. The summed E-state index contributed by atoms with van der Waals surface area (Å²) in [5.74, 6) is -0.302. The average molecular weight is 298 g/mol. The van der Waals surface area contributed by atoms with Crippen LogP contribution < -0.4 is 5.32 Å². The van der Waals surface area contributed by atoms with Crippen molar-refractivity contribution in [1.29, 1.82) is 0 Å². The standard InChI is InChI=1S/C15H20ClNO3/c1-19-13-9-5-6-10-15(13,14(18)20-2)17-12-8-4-3-7-11(12)16/h3-4,7-8,13,17H,5-6,9-10H2,1-2H3. The molecule has 110 valence electrons. The Labute approximate surface area is 124 Å². The maximum atomic E-state index is 12.4. The summed E-state index contributed by atoms with van der Waals surface area (Å²) >= 11 is 6.19. The van der Waals surface area contributed by atoms with Crippen LogP contribution in [0.4, 0.5) is 5.69 Å². The highest BCUT2D eigenvalue weighted by atomic mass is 35.5. The summed E-state index contributed by atoms with van der Waals surface area (Å²) in [6, 6.07) is 7.38. The molecule has 1 saturated carbocycles. The van der Waals surface area contributed by atoms with E-state index in [9.17, 15) is 4.79 Å². The van der Waals surface area contributed by atoms with Gasteiger partial charge in [0.1, 0.15) is 0 Å². The summed E-state index contributed by atoms with van der Waals surface area (Å²) in [7, 11) is 3.03. The van der Waals surface area contributed by atoms with E-state index in [2.05, 4.69) is 5.32 Å². The normalized spacial score (nSPS) is 26.1. The number of esters is 1. The van der Waals surface area contributed by atoms with Gasteiger partial charge in [-0.05, 0) is 25.0 Å². The smallest absolute Gasteiger partial charge is 0.334 e. The Morgan fingerprint density at radius 1 is 1.35 bits per heavy atom. The molecule has 0 aliphatic heterocycles. The molecule has 1 aliphatic carbocycles. The summed E-state index contributed by atoms with van der Waals surface area (Å²) in [5.41, 5.74) is -0.143. The largest absolute Gasteiger partial charge is 0.467 e. The van der Waals surface area contributed by atoms with E-state index in [-0.39, 0.29) is 12.1 Å². The quantitative estimate of drug-likeness (QED) is 0.867. The second kappa shape index (κ2) is 6.46. The molecular weight excluding hydrogens is 278 g/mol. The van der Waals surface area contributed by atoms with Gasteiger partial charge in [0.2, 0.25) is 0 Å². The lowest BCUT2D eigenvalue weighted by molar-refractivity contribution is -0.153. The fourth-order valence-corrected chi connectivity index (χ4v) is 3.06. The number of anilines is 1. The van der Waals surface area contributed by atoms with Crippen LogP contribution in [0.1, 0.15) is 25.7 Å². The van der Waals surface area contributed by atoms with Crippen molar-refractivity contribution in [2.45, 2.75) is 37.3 Å². The number of ether oxygens (including phenoxy) is 2. The Morgan fingerprint density at radius 3 is 2.75 bits per heavy atom. The topological polar surface area (TPSA) is 47.6 Å². The molecule has 5 heteroatoms. The molecule has 0 radical (unpaired) electrons. The first-order valence-electron chi connectivity index (χ1n) is 6.78. The maximum Gasteiger partial charge on any atom is 0.334 e. The third-order valence-corrected chi connectivity index (χ3v) is 4.23. The van der Waals surface area contributed by atoms with Gasteiger partial charge < -0.3 is 14.8 Å². The van der Waals surface area contributed by atoms with Crippen LogP contribution in [0.5, 0.6) is 0 Å². The predicted molar refractivity (Wildman–Crippen MR) is 79.1 cm³/mol. The first-order valence-corrected chi connectivity index (χ1v) is 7.16. The molecule has 0 amide bonds. The molecule has 2 atom stereocenters. The summed E-state index contributed by atoms with van der Waals surface area (Å²) in [4.78, 5) is 12.4. The summed E-state index contributed by atoms with van der Waals surface area (Å²) in [6.45, 7) is 0. The Bertz CT molecular complexity index is 480. The Morgan fingerprint density at radius 2 is 2.10 bits per heavy atom. The minimum absolute atomic E-state index is 0.222. The van der Waals surface area contributed by atoms with Crippen molar-refractivity contribution in [2.75, 3.05) is 19.5 Å². The van der Waals surface area contributed by atoms with Gasteiger partial charge in [0.25, 0.3) is 0 Å². The summed E-state index contributed by atoms with van der Waals surface area (Å²) in [6.07, 6.45) is 3.26. The maximum absolute atomic E-state index is 12.4. The molecule has 1 fully saturated rings. The number of nitrogens with one attached hydrogen (secondary N) is 1. The lowest BCUT2D eigenvalue weighted by Gasteiger charge is -2.42. The Hall–Kier alpha value is -1.26. The number of rotatable bonds is 4. The zero-order chi connectivity index (χ0) is 14.6. The summed E-state index contributed by atoms with van der Waals surface area (Å²) in [5, 5.41) is 3.86. The molecule has 20 heavy (non-hydrogen) atoms. The van der Waals surface area contributed by atoms with Crippen LogP contribution in [-0.2, 0) is 14.3 Å². The first-order chi connectivity index (χ1) is 9.64. The first kappa shape index (κ1) is 15.1. The number of benzene rings is 1. The van der Waals surface area contributed by atoms with E-state index in [0.29, 0.717) is 11.4 Å². The number of halogens is 1. The molecule has 1 aromatic rings. The highest BCUT2D eigenvalue weighted by Gasteiger charge is 2.49. The van der Waals surface area contributed by atoms with Gasteiger partial charge in [-0.3, -0.25) is 0 Å². The zero-order valence-corrected chi connectivity index (χ0v) is 12.6. The van der Waals surface area contributed by atoms with Crippen molar-refractivity contribution in [1.82, 2.24) is 0 Å². The van der Waals surface area contributed by atoms with Gasteiger partial charge in [0.05, 0.1) is 23.9 Å². The van der Waals surface area contributed by atoms with E-state index in [4.69, 9.17) is 21.1 Å². The molecule has 0 heterocycles. The number of carbonyl (C=O) groups is 1. The number of carbonyl (C=O) groups excluding carboxylic acids is 1. The van der Waals surface area contributed by atoms with Gasteiger partial charge >= 0.3 is 5.97 Å². The SMILES string of the molecule is COC(=O)C1(Nc2ccccc2Cl)CCCCC1OC. The zero-order valence-electron chi connectivity index (χ0n) is 11.8. The third kappa shape index (κ3) is 2.76. The van der Waals surface area contributed by atoms with Gasteiger partial charge in [-0.15, -0.1) is 0 Å². The Balaban J connectivity index is 2.36. The van der Waals surface area contributed by atoms with Crippen molar-refractivity contribution < 1.29 is 14.3 Å². The highest BCUT2D eigenvalue weighted by Crippen LogP contribution is 2.36. The molecule has 0 spiro atoms. The number of hydrogen-bond donors (Lipinski definition) is 1. The number of methoxy groups -OCH3 is 2. The third-order valence-electron chi connectivity index (χ3n) is 3.90. The van der Waals surface area contributed by atoms with Crippen LogP contribution in [0, 0.1) is 0 Å². The lowest BCUT2D eigenvalue weighted by atomic mass is 9.78. The minimum atomic E-state index is -0.868. The van der Waals surface area contributed by atoms with Gasteiger partial charge in [-0.25, -0.2) is 4.79 Å². The molecule has 0 saturated heterocycles. The van der Waals surface area contributed by atoms with Crippen LogP contribution >= 0.6 is 11.6 Å². The van der Waals surface area contributed by atoms with E-state index in [1.807, 2.05) is 18.2 Å². The predicted octanol–water partition coefficient (Wildman–Crippen LogP) is 3.25. The van der Waals surface area contributed by atoms with Gasteiger partial charge in [0, 0.05) is 7.11 Å². The fourth-order valence-electron chi connectivity index (χ4n) is 2.87. The Kier molecular flexibility index (Phi) is 4.89. The minimum Gasteiger partial charge on any atom is -0.467 e. The molecule has 1 aliphatic rings. The van der Waals surface area contributed by atoms with Gasteiger partial charge in [-0.2, -0.15) is 0 Å². The van der Waals surface area contributed by atoms with E-state index in [0.717, 1.165) is 24.9 Å². The highest BCUT2D eigenvalue weighted by molar-refractivity contribution is 6.33. The number of para-hydroxylation sites is 1. The monoisotopic (exact) mass is 297 g/mol. The van der Waals surface area contributed by atoms with E-state index >= 15 is 0 Å². The van der Waals surface area contributed by atoms with Crippen LogP contribution in [0.3, 0.4) is 0 Å². The van der Waals surface area contributed by atoms with Crippen LogP contribution in [0.25, 0.3) is 0 Å².